The number of ether oxygens (including phenoxy) is 2. The van der Waals surface area contributed by atoms with Crippen molar-refractivity contribution in [2.75, 3.05) is 12.3 Å². The number of hydrogen-bond acceptors (Lipinski definition) is 5. The number of benzene rings is 1. The van der Waals surface area contributed by atoms with E-state index in [4.69, 9.17) is 15.2 Å². The summed E-state index contributed by atoms with van der Waals surface area (Å²) in [6, 6.07) is 3.08. The maximum absolute atomic E-state index is 14.3. The number of halogens is 2. The zero-order valence-corrected chi connectivity index (χ0v) is 19.0. The largest absolute Gasteiger partial charge is 0.432 e. The Bertz CT molecular complexity index is 1020. The van der Waals surface area contributed by atoms with Gasteiger partial charge in [0.1, 0.15) is 18.7 Å². The van der Waals surface area contributed by atoms with E-state index in [9.17, 15) is 8.78 Å². The first-order valence-electron chi connectivity index (χ1n) is 9.90. The van der Waals surface area contributed by atoms with Crippen molar-refractivity contribution in [3.8, 4) is 11.6 Å². The molecule has 2 heterocycles. The predicted molar refractivity (Wildman–Crippen MR) is 117 cm³/mol. The van der Waals surface area contributed by atoms with Gasteiger partial charge in [-0.1, -0.05) is 33.5 Å². The van der Waals surface area contributed by atoms with Crippen LogP contribution in [0, 0.1) is 11.6 Å². The molecule has 3 aromatic rings. The number of fused-ring (bicyclic) bond motifs is 1. The van der Waals surface area contributed by atoms with E-state index >= 15 is 0 Å². The van der Waals surface area contributed by atoms with Gasteiger partial charge in [0, 0.05) is 38.7 Å². The van der Waals surface area contributed by atoms with E-state index in [2.05, 4.69) is 29.6 Å². The summed E-state index contributed by atoms with van der Waals surface area (Å²) in [4.78, 5) is 8.51. The molecular formula is C21H28F2N4O2Si. The van der Waals surface area contributed by atoms with Crippen molar-refractivity contribution in [1.29, 1.82) is 0 Å². The summed E-state index contributed by atoms with van der Waals surface area (Å²) >= 11 is 0. The second-order valence-electron chi connectivity index (χ2n) is 8.85. The van der Waals surface area contributed by atoms with E-state index in [-0.39, 0.29) is 17.5 Å². The summed E-state index contributed by atoms with van der Waals surface area (Å²) in [5.74, 6) is -2.12. The molecule has 6 nitrogen and oxygen atoms in total. The lowest BCUT2D eigenvalue weighted by Gasteiger charge is -2.15. The monoisotopic (exact) mass is 434 g/mol. The summed E-state index contributed by atoms with van der Waals surface area (Å²) < 4.78 is 41.8. The Labute approximate surface area is 176 Å². The van der Waals surface area contributed by atoms with Crippen LogP contribution in [0.1, 0.15) is 25.3 Å². The van der Waals surface area contributed by atoms with Gasteiger partial charge in [-0.2, -0.15) is 0 Å². The summed E-state index contributed by atoms with van der Waals surface area (Å²) in [5, 5.41) is 0.608. The van der Waals surface area contributed by atoms with Gasteiger partial charge in [0.2, 0.25) is 11.6 Å². The molecule has 0 saturated carbocycles. The van der Waals surface area contributed by atoms with Crippen molar-refractivity contribution in [3.63, 3.8) is 0 Å². The summed E-state index contributed by atoms with van der Waals surface area (Å²) in [7, 11) is -1.19. The standard InChI is InChI=1S/C21H28F2N4O2Si/c1-13(2)15-10-27(12-28-6-7-30(3,4)5)20-18(15)21(26-11-25-20)29-19-16(22)8-14(24)9-17(19)23/h8-11,13H,6-7,12,24H2,1-5H3. The zero-order valence-electron chi connectivity index (χ0n) is 18.0. The molecular weight excluding hydrogens is 406 g/mol. The van der Waals surface area contributed by atoms with Crippen LogP contribution < -0.4 is 10.5 Å². The molecule has 0 atom stereocenters. The number of nitrogens with two attached hydrogens (primary N) is 1. The van der Waals surface area contributed by atoms with Crippen LogP contribution in [0.3, 0.4) is 0 Å². The van der Waals surface area contributed by atoms with Crippen molar-refractivity contribution in [2.24, 2.45) is 0 Å². The molecule has 0 saturated heterocycles. The normalized spacial score (nSPS) is 12.1. The average molecular weight is 435 g/mol. The lowest BCUT2D eigenvalue weighted by molar-refractivity contribution is 0.0897. The first-order chi connectivity index (χ1) is 14.1. The Morgan fingerprint density at radius 1 is 1.13 bits per heavy atom. The van der Waals surface area contributed by atoms with E-state index in [1.807, 2.05) is 24.6 Å². The minimum Gasteiger partial charge on any atom is -0.432 e. The van der Waals surface area contributed by atoms with Gasteiger partial charge in [-0.05, 0) is 17.5 Å². The lowest BCUT2D eigenvalue weighted by Crippen LogP contribution is -2.22. The van der Waals surface area contributed by atoms with Crippen molar-refractivity contribution in [1.82, 2.24) is 14.5 Å². The van der Waals surface area contributed by atoms with Gasteiger partial charge in [0.25, 0.3) is 0 Å². The fourth-order valence-electron chi connectivity index (χ4n) is 3.05. The second-order valence-corrected chi connectivity index (χ2v) is 14.5. The number of anilines is 1. The fourth-order valence-corrected chi connectivity index (χ4v) is 3.81. The van der Waals surface area contributed by atoms with Crippen LogP contribution >= 0.6 is 0 Å². The Balaban J connectivity index is 1.96. The molecule has 0 fully saturated rings. The molecule has 162 valence electrons. The first kappa shape index (κ1) is 22.2. The predicted octanol–water partition coefficient (Wildman–Crippen LogP) is 5.52. The van der Waals surface area contributed by atoms with Crippen LogP contribution in [0.5, 0.6) is 11.6 Å². The highest BCUT2D eigenvalue weighted by atomic mass is 28.3. The molecule has 1 aromatic carbocycles. The van der Waals surface area contributed by atoms with Crippen LogP contribution in [-0.4, -0.2) is 29.2 Å². The molecule has 2 N–H and O–H groups in total. The van der Waals surface area contributed by atoms with E-state index in [1.54, 1.807) is 0 Å². The third-order valence-corrected chi connectivity index (χ3v) is 6.42. The Morgan fingerprint density at radius 2 is 1.80 bits per heavy atom. The molecule has 0 radical (unpaired) electrons. The Hall–Kier alpha value is -2.52. The third kappa shape index (κ3) is 4.96. The highest BCUT2D eigenvalue weighted by molar-refractivity contribution is 6.76. The number of hydrogen-bond donors (Lipinski definition) is 1. The molecule has 0 aliphatic carbocycles. The topological polar surface area (TPSA) is 75.2 Å². The van der Waals surface area contributed by atoms with E-state index in [0.29, 0.717) is 24.4 Å². The van der Waals surface area contributed by atoms with Gasteiger partial charge < -0.3 is 19.8 Å². The first-order valence-corrected chi connectivity index (χ1v) is 13.6. The van der Waals surface area contributed by atoms with Crippen molar-refractivity contribution in [3.05, 3.63) is 41.9 Å². The highest BCUT2D eigenvalue weighted by Gasteiger charge is 2.21. The Kier molecular flexibility index (Phi) is 6.42. The summed E-state index contributed by atoms with van der Waals surface area (Å²) in [6.07, 6.45) is 3.24. The van der Waals surface area contributed by atoms with Gasteiger partial charge in [-0.3, -0.25) is 0 Å². The molecule has 0 spiro atoms. The molecule has 0 bridgehead atoms. The fraction of sp³-hybridized carbons (Fsp3) is 0.429. The van der Waals surface area contributed by atoms with Gasteiger partial charge in [-0.25, -0.2) is 18.7 Å². The molecule has 0 amide bonds. The van der Waals surface area contributed by atoms with E-state index < -0.39 is 25.5 Å². The van der Waals surface area contributed by atoms with Gasteiger partial charge >= 0.3 is 0 Å². The zero-order chi connectivity index (χ0) is 22.1. The van der Waals surface area contributed by atoms with E-state index in [1.165, 1.54) is 6.33 Å². The van der Waals surface area contributed by atoms with Crippen molar-refractivity contribution >= 4 is 24.8 Å². The number of nitrogen functional groups attached to an aromatic ring is 1. The van der Waals surface area contributed by atoms with Crippen LogP contribution in [0.15, 0.2) is 24.7 Å². The third-order valence-electron chi connectivity index (χ3n) is 4.72. The van der Waals surface area contributed by atoms with E-state index in [0.717, 1.165) is 23.7 Å². The lowest BCUT2D eigenvalue weighted by atomic mass is 10.0. The molecule has 0 aliphatic rings. The average Bonchev–Trinajstić information content (AvgIpc) is 3.01. The minimum absolute atomic E-state index is 0.0188. The minimum atomic E-state index is -1.19. The van der Waals surface area contributed by atoms with Crippen LogP contribution in [-0.2, 0) is 11.5 Å². The molecule has 30 heavy (non-hydrogen) atoms. The highest BCUT2D eigenvalue weighted by Crippen LogP contribution is 2.36. The summed E-state index contributed by atoms with van der Waals surface area (Å²) in [6.45, 7) is 11.9. The van der Waals surface area contributed by atoms with Crippen LogP contribution in [0.2, 0.25) is 25.7 Å². The second kappa shape index (κ2) is 8.69. The number of rotatable bonds is 8. The molecule has 0 aliphatic heterocycles. The van der Waals surface area contributed by atoms with Crippen LogP contribution in [0.25, 0.3) is 11.0 Å². The molecule has 2 aromatic heterocycles. The van der Waals surface area contributed by atoms with Gasteiger partial charge in [0.15, 0.2) is 11.6 Å². The molecule has 9 heteroatoms. The molecule has 0 unspecified atom stereocenters. The van der Waals surface area contributed by atoms with Crippen molar-refractivity contribution < 1.29 is 18.3 Å². The Morgan fingerprint density at radius 3 is 2.40 bits per heavy atom. The maximum atomic E-state index is 14.3. The maximum Gasteiger partial charge on any atom is 0.232 e. The van der Waals surface area contributed by atoms with Gasteiger partial charge in [-0.15, -0.1) is 0 Å². The molecule has 3 rings (SSSR count). The SMILES string of the molecule is CC(C)c1cn(COCC[Si](C)(C)C)c2ncnc(Oc3c(F)cc(N)cc3F)c12. The summed E-state index contributed by atoms with van der Waals surface area (Å²) in [5.41, 5.74) is 6.97. The number of aromatic nitrogens is 3. The number of nitrogens with zero attached hydrogens (tertiary/aromatic N) is 3. The van der Waals surface area contributed by atoms with Crippen LogP contribution in [0.4, 0.5) is 14.5 Å². The van der Waals surface area contributed by atoms with Gasteiger partial charge in [0.05, 0.1) is 5.39 Å². The smallest absolute Gasteiger partial charge is 0.232 e. The van der Waals surface area contributed by atoms with Crippen molar-refractivity contribution in [2.45, 2.75) is 52.2 Å². The quantitative estimate of drug-likeness (QED) is 0.287.